The molecule has 0 saturated heterocycles. The summed E-state index contributed by atoms with van der Waals surface area (Å²) in [6.45, 7) is 6.16. The molecule has 0 fully saturated rings. The normalized spacial score (nSPS) is 13.4. The SMILES string of the molecule is CN=C(NCCN(C)CCOC)N(C)Cc1csc(C(C)OC)n1. The second-order valence-electron chi connectivity index (χ2n) is 5.68. The zero-order chi connectivity index (χ0) is 17.9. The Morgan fingerprint density at radius 3 is 2.75 bits per heavy atom. The quantitative estimate of drug-likeness (QED) is 0.505. The van der Waals surface area contributed by atoms with Gasteiger partial charge in [-0.15, -0.1) is 11.3 Å². The van der Waals surface area contributed by atoms with Crippen molar-refractivity contribution in [3.63, 3.8) is 0 Å². The Hall–Kier alpha value is -1.22. The molecular weight excluding hydrogens is 326 g/mol. The van der Waals surface area contributed by atoms with E-state index in [0.717, 1.165) is 42.9 Å². The maximum atomic E-state index is 5.31. The van der Waals surface area contributed by atoms with Crippen molar-refractivity contribution in [3.8, 4) is 0 Å². The molecule has 1 atom stereocenters. The molecule has 1 rings (SSSR count). The molecule has 24 heavy (non-hydrogen) atoms. The van der Waals surface area contributed by atoms with Crippen LogP contribution in [0.1, 0.15) is 23.7 Å². The van der Waals surface area contributed by atoms with Crippen LogP contribution in [0.25, 0.3) is 0 Å². The van der Waals surface area contributed by atoms with Crippen LogP contribution in [-0.4, -0.2) is 82.3 Å². The fourth-order valence-corrected chi connectivity index (χ4v) is 2.94. The highest BCUT2D eigenvalue weighted by atomic mass is 32.1. The van der Waals surface area contributed by atoms with Crippen LogP contribution in [0.2, 0.25) is 0 Å². The molecule has 0 aliphatic heterocycles. The van der Waals surface area contributed by atoms with Crippen LogP contribution in [0.4, 0.5) is 0 Å². The summed E-state index contributed by atoms with van der Waals surface area (Å²) in [6, 6.07) is 0. The molecule has 0 aromatic carbocycles. The number of hydrogen-bond donors (Lipinski definition) is 1. The van der Waals surface area contributed by atoms with E-state index < -0.39 is 0 Å². The Labute approximate surface area is 149 Å². The van der Waals surface area contributed by atoms with Gasteiger partial charge in [-0.2, -0.15) is 0 Å². The standard InChI is InChI=1S/C16H31N5O2S/c1-13(23-6)15-19-14(12-24-15)11-21(4)16(17-2)18-7-8-20(3)9-10-22-5/h12-13H,7-11H2,1-6H3,(H,17,18). The number of guanidine groups is 1. The second kappa shape index (κ2) is 11.4. The van der Waals surface area contributed by atoms with Crippen molar-refractivity contribution in [2.45, 2.75) is 19.6 Å². The molecule has 0 saturated carbocycles. The average molecular weight is 358 g/mol. The van der Waals surface area contributed by atoms with Gasteiger partial charge in [0.15, 0.2) is 5.96 Å². The lowest BCUT2D eigenvalue weighted by atomic mass is 10.4. The lowest BCUT2D eigenvalue weighted by molar-refractivity contribution is 0.119. The Kier molecular flexibility index (Phi) is 9.85. The Morgan fingerprint density at radius 1 is 1.38 bits per heavy atom. The maximum absolute atomic E-state index is 5.31. The van der Waals surface area contributed by atoms with E-state index in [-0.39, 0.29) is 6.10 Å². The van der Waals surface area contributed by atoms with Crippen molar-refractivity contribution in [2.75, 3.05) is 61.6 Å². The van der Waals surface area contributed by atoms with Crippen molar-refractivity contribution in [3.05, 3.63) is 16.1 Å². The van der Waals surface area contributed by atoms with Crippen LogP contribution in [0.15, 0.2) is 10.4 Å². The minimum absolute atomic E-state index is 0.0362. The zero-order valence-electron chi connectivity index (χ0n) is 15.7. The lowest BCUT2D eigenvalue weighted by Gasteiger charge is -2.23. The van der Waals surface area contributed by atoms with Gasteiger partial charge in [0.2, 0.25) is 0 Å². The highest BCUT2D eigenvalue weighted by Crippen LogP contribution is 2.20. The first-order valence-corrected chi connectivity index (χ1v) is 8.96. The van der Waals surface area contributed by atoms with E-state index in [4.69, 9.17) is 9.47 Å². The fourth-order valence-electron chi connectivity index (χ4n) is 2.10. The molecule has 1 unspecified atom stereocenters. The first kappa shape index (κ1) is 20.8. The molecule has 0 bridgehead atoms. The molecular formula is C16H31N5O2S. The largest absolute Gasteiger partial charge is 0.383 e. The van der Waals surface area contributed by atoms with Gasteiger partial charge in [0.25, 0.3) is 0 Å². The number of aliphatic imine (C=N–C) groups is 1. The predicted molar refractivity (Wildman–Crippen MR) is 99.7 cm³/mol. The van der Waals surface area contributed by atoms with Gasteiger partial charge in [0.05, 0.1) is 18.8 Å². The third-order valence-electron chi connectivity index (χ3n) is 3.70. The summed E-state index contributed by atoms with van der Waals surface area (Å²) in [4.78, 5) is 13.3. The number of rotatable bonds is 10. The van der Waals surface area contributed by atoms with Gasteiger partial charge in [0.1, 0.15) is 11.1 Å². The molecule has 0 amide bonds. The minimum atomic E-state index is 0.0362. The molecule has 0 radical (unpaired) electrons. The third-order valence-corrected chi connectivity index (χ3v) is 4.75. The number of methoxy groups -OCH3 is 2. The monoisotopic (exact) mass is 357 g/mol. The second-order valence-corrected chi connectivity index (χ2v) is 6.57. The fraction of sp³-hybridized carbons (Fsp3) is 0.750. The molecule has 7 nitrogen and oxygen atoms in total. The number of likely N-dealkylation sites (N-methyl/N-ethyl adjacent to an activating group) is 1. The Morgan fingerprint density at radius 2 is 2.12 bits per heavy atom. The van der Waals surface area contributed by atoms with Crippen LogP contribution >= 0.6 is 11.3 Å². The van der Waals surface area contributed by atoms with E-state index in [1.807, 2.05) is 14.0 Å². The number of thiazole rings is 1. The zero-order valence-corrected chi connectivity index (χ0v) is 16.5. The van der Waals surface area contributed by atoms with Gasteiger partial charge in [-0.3, -0.25) is 4.99 Å². The Balaban J connectivity index is 2.43. The topological polar surface area (TPSA) is 62.2 Å². The summed E-state index contributed by atoms with van der Waals surface area (Å²) in [5, 5.41) is 6.46. The Bertz CT molecular complexity index is 495. The van der Waals surface area contributed by atoms with Gasteiger partial charge < -0.3 is 24.6 Å². The van der Waals surface area contributed by atoms with E-state index in [1.54, 1.807) is 32.6 Å². The average Bonchev–Trinajstić information content (AvgIpc) is 3.04. The first-order valence-electron chi connectivity index (χ1n) is 8.08. The van der Waals surface area contributed by atoms with E-state index in [0.29, 0.717) is 6.54 Å². The number of hydrogen-bond acceptors (Lipinski definition) is 6. The maximum Gasteiger partial charge on any atom is 0.193 e. The van der Waals surface area contributed by atoms with Gasteiger partial charge >= 0.3 is 0 Å². The molecule has 1 N–H and O–H groups in total. The predicted octanol–water partition coefficient (Wildman–Crippen LogP) is 1.44. The minimum Gasteiger partial charge on any atom is -0.383 e. The summed E-state index contributed by atoms with van der Waals surface area (Å²) in [5.41, 5.74) is 1.03. The molecule has 1 aromatic rings. The molecule has 0 spiro atoms. The van der Waals surface area contributed by atoms with Crippen molar-refractivity contribution in [2.24, 2.45) is 4.99 Å². The molecule has 8 heteroatoms. The number of nitrogens with one attached hydrogen (secondary N) is 1. The summed E-state index contributed by atoms with van der Waals surface area (Å²) in [7, 11) is 9.32. The molecule has 0 aliphatic carbocycles. The summed E-state index contributed by atoms with van der Waals surface area (Å²) >= 11 is 1.63. The van der Waals surface area contributed by atoms with E-state index >= 15 is 0 Å². The summed E-state index contributed by atoms with van der Waals surface area (Å²) < 4.78 is 10.4. The summed E-state index contributed by atoms with van der Waals surface area (Å²) in [6.07, 6.45) is 0.0362. The van der Waals surface area contributed by atoms with Crippen LogP contribution in [0.3, 0.4) is 0 Å². The highest BCUT2D eigenvalue weighted by Gasteiger charge is 2.12. The first-order chi connectivity index (χ1) is 11.5. The van der Waals surface area contributed by atoms with Gasteiger partial charge in [0, 0.05) is 53.3 Å². The smallest absolute Gasteiger partial charge is 0.193 e. The van der Waals surface area contributed by atoms with E-state index in [9.17, 15) is 0 Å². The van der Waals surface area contributed by atoms with Gasteiger partial charge in [-0.25, -0.2) is 4.98 Å². The van der Waals surface area contributed by atoms with Gasteiger partial charge in [-0.1, -0.05) is 0 Å². The number of nitrogens with zero attached hydrogens (tertiary/aromatic N) is 4. The lowest BCUT2D eigenvalue weighted by Crippen LogP contribution is -2.42. The van der Waals surface area contributed by atoms with Crippen molar-refractivity contribution in [1.82, 2.24) is 20.1 Å². The van der Waals surface area contributed by atoms with Gasteiger partial charge in [-0.05, 0) is 14.0 Å². The highest BCUT2D eigenvalue weighted by molar-refractivity contribution is 7.09. The molecule has 1 aromatic heterocycles. The molecule has 138 valence electrons. The molecule has 1 heterocycles. The number of aromatic nitrogens is 1. The summed E-state index contributed by atoms with van der Waals surface area (Å²) in [5.74, 6) is 0.865. The third kappa shape index (κ3) is 7.12. The number of ether oxygens (including phenoxy) is 2. The van der Waals surface area contributed by atoms with Crippen LogP contribution in [-0.2, 0) is 16.0 Å². The van der Waals surface area contributed by atoms with E-state index in [2.05, 4.69) is 37.5 Å². The molecule has 0 aliphatic rings. The van der Waals surface area contributed by atoms with Crippen molar-refractivity contribution < 1.29 is 9.47 Å². The van der Waals surface area contributed by atoms with E-state index in [1.165, 1.54) is 0 Å². The van der Waals surface area contributed by atoms with Crippen LogP contribution in [0.5, 0.6) is 0 Å². The van der Waals surface area contributed by atoms with Crippen molar-refractivity contribution in [1.29, 1.82) is 0 Å². The van der Waals surface area contributed by atoms with Crippen LogP contribution < -0.4 is 5.32 Å². The van der Waals surface area contributed by atoms with Crippen LogP contribution in [0, 0.1) is 0 Å². The van der Waals surface area contributed by atoms with Crippen molar-refractivity contribution >= 4 is 17.3 Å².